The third-order valence-electron chi connectivity index (χ3n) is 9.55. The topological polar surface area (TPSA) is 126 Å². The Hall–Kier alpha value is -0.610. The Morgan fingerprint density at radius 1 is 1.10 bits per heavy atom. The molecule has 11 atom stereocenters. The summed E-state index contributed by atoms with van der Waals surface area (Å²) >= 11 is 0. The molecule has 8 nitrogen and oxygen atoms in total. The molecule has 6 rings (SSSR count). The molecular weight excluding hydrogens is 392 g/mol. The first-order valence-corrected chi connectivity index (χ1v) is 11.1. The van der Waals surface area contributed by atoms with Gasteiger partial charge in [-0.1, -0.05) is 20.3 Å². The van der Waals surface area contributed by atoms with E-state index >= 15 is 0 Å². The van der Waals surface area contributed by atoms with Crippen molar-refractivity contribution in [2.24, 2.45) is 39.9 Å². The van der Waals surface area contributed by atoms with Crippen molar-refractivity contribution in [3.63, 3.8) is 0 Å². The number of carbonyl (C=O) groups is 1. The van der Waals surface area contributed by atoms with Gasteiger partial charge in [0.2, 0.25) is 5.79 Å². The van der Waals surface area contributed by atoms with Gasteiger partial charge in [0.25, 0.3) is 0 Å². The molecule has 4 saturated carbocycles. The van der Waals surface area contributed by atoms with E-state index in [1.165, 1.54) is 14.2 Å². The van der Waals surface area contributed by atoms with E-state index in [9.17, 15) is 25.2 Å². The fourth-order valence-electron chi connectivity index (χ4n) is 8.87. The first-order chi connectivity index (χ1) is 14.1. The lowest BCUT2D eigenvalue weighted by Gasteiger charge is -2.76. The molecule has 0 amide bonds. The zero-order valence-corrected chi connectivity index (χ0v) is 18.1. The highest BCUT2D eigenvalue weighted by molar-refractivity contribution is 5.93. The van der Waals surface area contributed by atoms with E-state index in [0.717, 1.165) is 12.8 Å². The Balaban J connectivity index is 1.80. The summed E-state index contributed by atoms with van der Waals surface area (Å²) in [4.78, 5) is 13.9. The molecule has 2 aliphatic heterocycles. The van der Waals surface area contributed by atoms with Gasteiger partial charge in [-0.15, -0.1) is 0 Å². The van der Waals surface area contributed by atoms with E-state index in [4.69, 9.17) is 14.2 Å². The number of hydrogen-bond donors (Lipinski definition) is 4. The first kappa shape index (κ1) is 21.2. The van der Waals surface area contributed by atoms with Crippen molar-refractivity contribution < 1.29 is 39.4 Å². The summed E-state index contributed by atoms with van der Waals surface area (Å²) in [6.45, 7) is 4.18. The van der Waals surface area contributed by atoms with Gasteiger partial charge in [0.05, 0.1) is 18.8 Å². The van der Waals surface area contributed by atoms with Crippen molar-refractivity contribution >= 4 is 5.78 Å². The number of fused-ring (bicyclic) bond motifs is 2. The largest absolute Gasteiger partial charge is 0.393 e. The minimum Gasteiger partial charge on any atom is -0.393 e. The summed E-state index contributed by atoms with van der Waals surface area (Å²) in [6, 6.07) is 0. The fraction of sp³-hybridized carbons (Fsp3) is 0.955. The molecule has 6 aliphatic rings. The second-order valence-corrected chi connectivity index (χ2v) is 10.9. The number of Topliss-reactive ketones (excluding diaryl/α,β-unsaturated/α-hetero) is 1. The molecule has 4 aliphatic carbocycles. The second-order valence-electron chi connectivity index (χ2n) is 10.9. The molecule has 6 fully saturated rings. The SMILES string of the molecule is COC[C@@H]1C(=O)[C@]23[C@H](O)[C@@H]1C[C@H](O)[C@H]2[C@]12CCCC(C)(C)[C@H]1[C@H](O)[C@]3(O)O[C@@H]2OC. The molecule has 0 aromatic rings. The number of hydrogen-bond acceptors (Lipinski definition) is 8. The molecule has 2 heterocycles. The highest BCUT2D eigenvalue weighted by Gasteiger charge is 2.89. The van der Waals surface area contributed by atoms with Crippen LogP contribution >= 0.6 is 0 Å². The highest BCUT2D eigenvalue weighted by atomic mass is 16.7. The van der Waals surface area contributed by atoms with Crippen LogP contribution in [0.25, 0.3) is 0 Å². The number of ketones is 1. The van der Waals surface area contributed by atoms with Crippen LogP contribution in [0.2, 0.25) is 0 Å². The van der Waals surface area contributed by atoms with E-state index in [0.29, 0.717) is 6.42 Å². The maximum Gasteiger partial charge on any atom is 0.210 e. The summed E-state index contributed by atoms with van der Waals surface area (Å²) in [5, 5.41) is 46.5. The van der Waals surface area contributed by atoms with Crippen LogP contribution in [-0.2, 0) is 19.0 Å². The van der Waals surface area contributed by atoms with Crippen molar-refractivity contribution in [1.82, 2.24) is 0 Å². The Morgan fingerprint density at radius 2 is 1.80 bits per heavy atom. The third-order valence-corrected chi connectivity index (χ3v) is 9.55. The van der Waals surface area contributed by atoms with Crippen LogP contribution in [-0.4, -0.2) is 77.4 Å². The summed E-state index contributed by atoms with van der Waals surface area (Å²) in [5.74, 6) is -5.18. The maximum absolute atomic E-state index is 13.9. The van der Waals surface area contributed by atoms with Crippen LogP contribution in [0.3, 0.4) is 0 Å². The van der Waals surface area contributed by atoms with Crippen molar-refractivity contribution in [3.05, 3.63) is 0 Å². The molecule has 0 radical (unpaired) electrons. The Bertz CT molecular complexity index is 755. The highest BCUT2D eigenvalue weighted by Crippen LogP contribution is 2.78. The summed E-state index contributed by atoms with van der Waals surface area (Å²) in [7, 11) is 2.97. The van der Waals surface area contributed by atoms with Gasteiger partial charge >= 0.3 is 0 Å². The van der Waals surface area contributed by atoms with E-state index in [-0.39, 0.29) is 24.2 Å². The van der Waals surface area contributed by atoms with E-state index in [1.807, 2.05) is 13.8 Å². The van der Waals surface area contributed by atoms with Gasteiger partial charge in [0.1, 0.15) is 11.5 Å². The predicted octanol–water partition coefficient (Wildman–Crippen LogP) is 0.0545. The number of methoxy groups -OCH3 is 2. The van der Waals surface area contributed by atoms with Gasteiger partial charge in [-0.3, -0.25) is 4.79 Å². The van der Waals surface area contributed by atoms with Gasteiger partial charge in [0.15, 0.2) is 12.1 Å². The number of ether oxygens (including phenoxy) is 3. The monoisotopic (exact) mass is 426 g/mol. The van der Waals surface area contributed by atoms with Gasteiger partial charge in [-0.2, -0.15) is 0 Å². The average Bonchev–Trinajstić information content (AvgIpc) is 2.80. The molecule has 30 heavy (non-hydrogen) atoms. The molecule has 4 N–H and O–H groups in total. The van der Waals surface area contributed by atoms with Crippen LogP contribution < -0.4 is 0 Å². The number of carbonyl (C=O) groups excluding carboxylic acids is 1. The molecule has 2 saturated heterocycles. The zero-order valence-electron chi connectivity index (χ0n) is 18.1. The lowest BCUT2D eigenvalue weighted by atomic mass is 9.35. The third kappa shape index (κ3) is 1.97. The van der Waals surface area contributed by atoms with Crippen LogP contribution in [0, 0.1) is 39.9 Å². The van der Waals surface area contributed by atoms with Crippen LogP contribution in [0.1, 0.15) is 39.5 Å². The first-order valence-electron chi connectivity index (χ1n) is 11.1. The number of aliphatic hydroxyl groups excluding tert-OH is 3. The smallest absolute Gasteiger partial charge is 0.210 e. The number of aliphatic hydroxyl groups is 4. The standard InChI is InChI=1S/C22H34O8/c1-19(2)6-5-7-20-13-12(23)8-10-11(9-28-3)16(25)21(13,15(10)24)22(27,17(26)14(19)20)30-18(20)29-4/h10-15,17-18,23-24,26-27H,5-9H2,1-4H3/t10-,11+,12+,13+,14-,15-,17+,18+,20-,21-,22+/m1/s1. The molecule has 2 spiro atoms. The molecule has 170 valence electrons. The summed E-state index contributed by atoms with van der Waals surface area (Å²) in [6.07, 6.45) is -1.97. The Labute approximate surface area is 176 Å². The molecule has 0 aromatic carbocycles. The minimum atomic E-state index is -2.35. The summed E-state index contributed by atoms with van der Waals surface area (Å²) in [5.41, 5.74) is -3.08. The predicted molar refractivity (Wildman–Crippen MR) is 103 cm³/mol. The van der Waals surface area contributed by atoms with Crippen molar-refractivity contribution in [2.75, 3.05) is 20.8 Å². The molecular formula is C22H34O8. The van der Waals surface area contributed by atoms with Gasteiger partial charge in [0, 0.05) is 43.3 Å². The molecule has 0 aromatic heterocycles. The molecule has 4 bridgehead atoms. The minimum absolute atomic E-state index is 0.0869. The summed E-state index contributed by atoms with van der Waals surface area (Å²) < 4.78 is 17.0. The average molecular weight is 427 g/mol. The fourth-order valence-corrected chi connectivity index (χ4v) is 8.87. The van der Waals surface area contributed by atoms with Crippen molar-refractivity contribution in [2.45, 2.75) is 69.9 Å². The normalized spacial score (nSPS) is 58.5. The lowest BCUT2D eigenvalue weighted by Crippen LogP contribution is -2.87. The number of rotatable bonds is 3. The van der Waals surface area contributed by atoms with Crippen molar-refractivity contribution in [3.8, 4) is 0 Å². The maximum atomic E-state index is 13.9. The Morgan fingerprint density at radius 3 is 2.43 bits per heavy atom. The van der Waals surface area contributed by atoms with E-state index in [1.54, 1.807) is 0 Å². The van der Waals surface area contributed by atoms with Crippen LogP contribution in [0.5, 0.6) is 0 Å². The second kappa shape index (κ2) is 6.25. The molecule has 8 heteroatoms. The van der Waals surface area contributed by atoms with Gasteiger partial charge in [-0.05, 0) is 24.7 Å². The van der Waals surface area contributed by atoms with Crippen LogP contribution in [0.15, 0.2) is 0 Å². The molecule has 0 unspecified atom stereocenters. The van der Waals surface area contributed by atoms with Crippen molar-refractivity contribution in [1.29, 1.82) is 0 Å². The van der Waals surface area contributed by atoms with E-state index in [2.05, 4.69) is 0 Å². The van der Waals surface area contributed by atoms with Crippen LogP contribution in [0.4, 0.5) is 0 Å². The zero-order chi connectivity index (χ0) is 21.9. The van der Waals surface area contributed by atoms with Gasteiger partial charge < -0.3 is 34.6 Å². The van der Waals surface area contributed by atoms with E-state index < -0.39 is 64.9 Å². The van der Waals surface area contributed by atoms with Gasteiger partial charge in [-0.25, -0.2) is 0 Å². The lowest BCUT2D eigenvalue weighted by molar-refractivity contribution is -0.506. The Kier molecular flexibility index (Phi) is 4.42. The quantitative estimate of drug-likeness (QED) is 0.499.